The van der Waals surface area contributed by atoms with Crippen LogP contribution in [0.1, 0.15) is 69.4 Å². The first-order valence-corrected chi connectivity index (χ1v) is 9.88. The second-order valence-electron chi connectivity index (χ2n) is 6.74. The predicted octanol–water partition coefficient (Wildman–Crippen LogP) is 2.30. The van der Waals surface area contributed by atoms with Crippen LogP contribution in [0, 0.1) is 0 Å². The van der Waals surface area contributed by atoms with Gasteiger partial charge in [-0.05, 0) is 19.3 Å². The number of nitrogens with one attached hydrogen (secondary N) is 3. The lowest BCUT2D eigenvalue weighted by molar-refractivity contribution is -0.121. The number of hydrogen-bond donors (Lipinski definition) is 3. The van der Waals surface area contributed by atoms with Gasteiger partial charge in [0.2, 0.25) is 5.91 Å². The van der Waals surface area contributed by atoms with E-state index in [9.17, 15) is 4.79 Å². The highest BCUT2D eigenvalue weighted by Crippen LogP contribution is 2.17. The van der Waals surface area contributed by atoms with E-state index in [1.165, 1.54) is 19.3 Å². The minimum Gasteiger partial charge on any atom is -0.361 e. The average Bonchev–Trinajstić information content (AvgIpc) is 3.07. The highest BCUT2D eigenvalue weighted by Gasteiger charge is 2.16. The van der Waals surface area contributed by atoms with Crippen LogP contribution in [0.25, 0.3) is 0 Å². The minimum atomic E-state index is 0.112. The van der Waals surface area contributed by atoms with Crippen LogP contribution in [0.2, 0.25) is 0 Å². The lowest BCUT2D eigenvalue weighted by Crippen LogP contribution is -2.41. The van der Waals surface area contributed by atoms with Gasteiger partial charge < -0.3 is 20.5 Å². The normalized spacial score (nSPS) is 15.7. The third-order valence-corrected chi connectivity index (χ3v) is 4.88. The Bertz CT molecular complexity index is 569. The zero-order chi connectivity index (χ0) is 18.8. The van der Waals surface area contributed by atoms with Crippen LogP contribution < -0.4 is 16.0 Å². The maximum Gasteiger partial charge on any atom is 0.221 e. The Kier molecular flexibility index (Phi) is 8.44. The first kappa shape index (κ1) is 20.3. The number of amides is 1. The van der Waals surface area contributed by atoms with Crippen molar-refractivity contribution in [3.8, 4) is 0 Å². The molecular weight excluding hydrogens is 330 g/mol. The molecule has 1 aromatic rings. The summed E-state index contributed by atoms with van der Waals surface area (Å²) in [6.07, 6.45) is 8.07. The number of aromatic nitrogens is 1. The van der Waals surface area contributed by atoms with E-state index in [1.807, 2.05) is 0 Å². The molecule has 1 saturated carbocycles. The maximum absolute atomic E-state index is 12.1. The lowest BCUT2D eigenvalue weighted by atomic mass is 9.95. The Morgan fingerprint density at radius 3 is 2.62 bits per heavy atom. The second kappa shape index (κ2) is 10.8. The van der Waals surface area contributed by atoms with Crippen LogP contribution >= 0.6 is 0 Å². The summed E-state index contributed by atoms with van der Waals surface area (Å²) in [6.45, 7) is 5.30. The number of aryl methyl sites for hydroxylation is 2. The molecule has 0 radical (unpaired) electrons. The van der Waals surface area contributed by atoms with Crippen molar-refractivity contribution in [2.75, 3.05) is 13.6 Å². The maximum atomic E-state index is 12.1. The molecule has 0 aromatic carbocycles. The zero-order valence-electron chi connectivity index (χ0n) is 16.4. The monoisotopic (exact) mass is 363 g/mol. The largest absolute Gasteiger partial charge is 0.361 e. The van der Waals surface area contributed by atoms with E-state index in [0.29, 0.717) is 31.5 Å². The highest BCUT2D eigenvalue weighted by molar-refractivity contribution is 5.81. The van der Waals surface area contributed by atoms with Gasteiger partial charge in [0.15, 0.2) is 5.96 Å². The van der Waals surface area contributed by atoms with Crippen LogP contribution in [0.4, 0.5) is 0 Å². The molecule has 1 fully saturated rings. The third kappa shape index (κ3) is 6.04. The summed E-state index contributed by atoms with van der Waals surface area (Å²) in [7, 11) is 1.73. The molecule has 2 rings (SSSR count). The van der Waals surface area contributed by atoms with Gasteiger partial charge in [0.05, 0.1) is 5.69 Å². The molecule has 1 heterocycles. The molecule has 0 unspecified atom stereocenters. The Morgan fingerprint density at radius 1 is 1.19 bits per heavy atom. The van der Waals surface area contributed by atoms with Crippen molar-refractivity contribution < 1.29 is 9.32 Å². The Hall–Kier alpha value is -2.05. The van der Waals surface area contributed by atoms with Gasteiger partial charge in [0.25, 0.3) is 0 Å². The molecular formula is C19H33N5O2. The molecule has 7 nitrogen and oxygen atoms in total. The number of guanidine groups is 1. The summed E-state index contributed by atoms with van der Waals surface area (Å²) in [5.74, 6) is 1.71. The standard InChI is InChI=1S/C19H33N5O2/c1-4-16-15(17(5-2)26-24-16)13-22-19(20-3)21-12-11-18(25)23-14-9-7-6-8-10-14/h14H,4-13H2,1-3H3,(H,23,25)(H2,20,21,22). The SMILES string of the molecule is CCc1noc(CC)c1CNC(=NC)NCCC(=O)NC1CCCCC1. The molecule has 1 aliphatic carbocycles. The molecule has 0 spiro atoms. The van der Waals surface area contributed by atoms with Crippen LogP contribution in [0.15, 0.2) is 9.52 Å². The topological polar surface area (TPSA) is 91.6 Å². The van der Waals surface area contributed by atoms with Crippen molar-refractivity contribution in [3.63, 3.8) is 0 Å². The lowest BCUT2D eigenvalue weighted by Gasteiger charge is -2.22. The molecule has 0 atom stereocenters. The van der Waals surface area contributed by atoms with Crippen molar-refractivity contribution in [1.82, 2.24) is 21.1 Å². The quantitative estimate of drug-likeness (QED) is 0.487. The van der Waals surface area contributed by atoms with Gasteiger partial charge in [-0.2, -0.15) is 0 Å². The number of hydrogen-bond acceptors (Lipinski definition) is 4. The predicted molar refractivity (Wildman–Crippen MR) is 103 cm³/mol. The molecule has 1 aliphatic rings. The average molecular weight is 364 g/mol. The van der Waals surface area contributed by atoms with Gasteiger partial charge in [0, 0.05) is 44.6 Å². The summed E-state index contributed by atoms with van der Waals surface area (Å²) < 4.78 is 5.38. The summed E-state index contributed by atoms with van der Waals surface area (Å²) in [4.78, 5) is 16.3. The molecule has 0 saturated heterocycles. The first-order chi connectivity index (χ1) is 12.7. The van der Waals surface area contributed by atoms with Crippen LogP contribution in [0.3, 0.4) is 0 Å². The Labute approximate surface area is 156 Å². The van der Waals surface area contributed by atoms with Gasteiger partial charge >= 0.3 is 0 Å². The van der Waals surface area contributed by atoms with Crippen LogP contribution in [-0.2, 0) is 24.2 Å². The van der Waals surface area contributed by atoms with Crippen molar-refractivity contribution in [3.05, 3.63) is 17.0 Å². The van der Waals surface area contributed by atoms with Gasteiger partial charge in [-0.15, -0.1) is 0 Å². The van der Waals surface area contributed by atoms with E-state index < -0.39 is 0 Å². The Morgan fingerprint density at radius 2 is 1.96 bits per heavy atom. The van der Waals surface area contributed by atoms with Crippen molar-refractivity contribution in [2.24, 2.45) is 4.99 Å². The van der Waals surface area contributed by atoms with E-state index in [0.717, 1.165) is 42.7 Å². The summed E-state index contributed by atoms with van der Waals surface area (Å²) in [6, 6.07) is 0.363. The molecule has 0 aliphatic heterocycles. The van der Waals surface area contributed by atoms with Crippen LogP contribution in [-0.4, -0.2) is 36.7 Å². The van der Waals surface area contributed by atoms with Gasteiger partial charge in [-0.3, -0.25) is 9.79 Å². The molecule has 0 bridgehead atoms. The zero-order valence-corrected chi connectivity index (χ0v) is 16.4. The highest BCUT2D eigenvalue weighted by atomic mass is 16.5. The van der Waals surface area contributed by atoms with Crippen molar-refractivity contribution in [1.29, 1.82) is 0 Å². The van der Waals surface area contributed by atoms with Gasteiger partial charge in [-0.1, -0.05) is 38.3 Å². The van der Waals surface area contributed by atoms with E-state index in [4.69, 9.17) is 4.52 Å². The number of aliphatic imine (C=N–C) groups is 1. The first-order valence-electron chi connectivity index (χ1n) is 9.88. The van der Waals surface area contributed by atoms with E-state index in [1.54, 1.807) is 7.05 Å². The van der Waals surface area contributed by atoms with E-state index in [-0.39, 0.29) is 5.91 Å². The number of carbonyl (C=O) groups excluding carboxylic acids is 1. The molecule has 3 N–H and O–H groups in total. The molecule has 26 heavy (non-hydrogen) atoms. The molecule has 1 aromatic heterocycles. The fourth-order valence-corrected chi connectivity index (χ4v) is 3.37. The van der Waals surface area contributed by atoms with Crippen molar-refractivity contribution in [2.45, 2.75) is 77.8 Å². The number of rotatable bonds is 8. The molecule has 1 amide bonds. The Balaban J connectivity index is 1.72. The molecule has 146 valence electrons. The number of carbonyl (C=O) groups is 1. The fraction of sp³-hybridized carbons (Fsp3) is 0.737. The van der Waals surface area contributed by atoms with Crippen molar-refractivity contribution >= 4 is 11.9 Å². The second-order valence-corrected chi connectivity index (χ2v) is 6.74. The smallest absolute Gasteiger partial charge is 0.221 e. The van der Waals surface area contributed by atoms with Gasteiger partial charge in [-0.25, -0.2) is 0 Å². The molecule has 7 heteroatoms. The van der Waals surface area contributed by atoms with Crippen LogP contribution in [0.5, 0.6) is 0 Å². The van der Waals surface area contributed by atoms with E-state index in [2.05, 4.69) is 39.9 Å². The summed E-state index contributed by atoms with van der Waals surface area (Å²) in [5.41, 5.74) is 2.09. The third-order valence-electron chi connectivity index (χ3n) is 4.88. The minimum absolute atomic E-state index is 0.112. The summed E-state index contributed by atoms with van der Waals surface area (Å²) >= 11 is 0. The van der Waals surface area contributed by atoms with Gasteiger partial charge in [0.1, 0.15) is 5.76 Å². The summed E-state index contributed by atoms with van der Waals surface area (Å²) in [5, 5.41) is 13.7. The number of nitrogens with zero attached hydrogens (tertiary/aromatic N) is 2. The fourth-order valence-electron chi connectivity index (χ4n) is 3.37. The van der Waals surface area contributed by atoms with E-state index >= 15 is 0 Å².